The van der Waals surface area contributed by atoms with Gasteiger partial charge in [0.2, 0.25) is 11.8 Å². The Morgan fingerprint density at radius 1 is 1.38 bits per heavy atom. The van der Waals surface area contributed by atoms with Crippen LogP contribution in [0.2, 0.25) is 5.02 Å². The Labute approximate surface area is 99.0 Å². The van der Waals surface area contributed by atoms with Gasteiger partial charge in [0.25, 0.3) is 0 Å². The van der Waals surface area contributed by atoms with Crippen molar-refractivity contribution in [1.82, 2.24) is 4.90 Å². The van der Waals surface area contributed by atoms with Crippen LogP contribution >= 0.6 is 11.6 Å². The van der Waals surface area contributed by atoms with Gasteiger partial charge in [-0.15, -0.1) is 0 Å². The molecule has 1 fully saturated rings. The van der Waals surface area contributed by atoms with Crippen LogP contribution in [0.3, 0.4) is 0 Å². The number of carbonyl (C=O) groups excluding carboxylic acids is 2. The third kappa shape index (κ3) is 1.71. The van der Waals surface area contributed by atoms with Gasteiger partial charge in [0.1, 0.15) is 0 Å². The first kappa shape index (κ1) is 11.1. The van der Waals surface area contributed by atoms with Crippen LogP contribution in [-0.4, -0.2) is 23.8 Å². The molecule has 1 atom stereocenters. The summed E-state index contributed by atoms with van der Waals surface area (Å²) in [5.41, 5.74) is 1.79. The lowest BCUT2D eigenvalue weighted by Gasteiger charge is -2.11. The lowest BCUT2D eigenvalue weighted by Crippen LogP contribution is -2.25. The van der Waals surface area contributed by atoms with Gasteiger partial charge in [-0.25, -0.2) is 0 Å². The molecule has 0 aromatic heterocycles. The van der Waals surface area contributed by atoms with Gasteiger partial charge in [-0.2, -0.15) is 0 Å². The Kier molecular flexibility index (Phi) is 2.72. The van der Waals surface area contributed by atoms with Crippen molar-refractivity contribution in [3.05, 3.63) is 34.3 Å². The number of hydrogen-bond acceptors (Lipinski definition) is 2. The van der Waals surface area contributed by atoms with Crippen LogP contribution in [0.25, 0.3) is 0 Å². The van der Waals surface area contributed by atoms with E-state index >= 15 is 0 Å². The smallest absolute Gasteiger partial charge is 0.237 e. The second kappa shape index (κ2) is 3.91. The maximum Gasteiger partial charge on any atom is 0.237 e. The van der Waals surface area contributed by atoms with Crippen molar-refractivity contribution in [3.63, 3.8) is 0 Å². The van der Waals surface area contributed by atoms with Crippen LogP contribution in [0.5, 0.6) is 0 Å². The predicted octanol–water partition coefficient (Wildman–Crippen LogP) is 2.12. The topological polar surface area (TPSA) is 37.4 Å². The van der Waals surface area contributed by atoms with Gasteiger partial charge in [-0.1, -0.05) is 29.3 Å². The van der Waals surface area contributed by atoms with Gasteiger partial charge in [0.05, 0.1) is 5.92 Å². The van der Waals surface area contributed by atoms with Crippen LogP contribution in [0, 0.1) is 6.92 Å². The van der Waals surface area contributed by atoms with E-state index in [1.54, 1.807) is 6.07 Å². The summed E-state index contributed by atoms with van der Waals surface area (Å²) in [6.07, 6.45) is 0.221. The molecule has 1 unspecified atom stereocenters. The molecule has 3 nitrogen and oxygen atoms in total. The van der Waals surface area contributed by atoms with Crippen molar-refractivity contribution < 1.29 is 9.59 Å². The molecule has 1 aromatic rings. The number of hydrogen-bond donors (Lipinski definition) is 0. The first-order valence-electron chi connectivity index (χ1n) is 5.07. The molecular formula is C12H12ClNO2. The summed E-state index contributed by atoms with van der Waals surface area (Å²) in [7, 11) is 1.51. The van der Waals surface area contributed by atoms with E-state index in [1.807, 2.05) is 19.1 Å². The van der Waals surface area contributed by atoms with E-state index in [-0.39, 0.29) is 18.2 Å². The monoisotopic (exact) mass is 237 g/mol. The second-order valence-corrected chi connectivity index (χ2v) is 4.48. The molecular weight excluding hydrogens is 226 g/mol. The number of amides is 2. The lowest BCUT2D eigenvalue weighted by atomic mass is 9.96. The Balaban J connectivity index is 2.42. The molecule has 1 aliphatic heterocycles. The van der Waals surface area contributed by atoms with Gasteiger partial charge in [-0.05, 0) is 18.6 Å². The minimum atomic E-state index is -0.412. The molecule has 4 heteroatoms. The van der Waals surface area contributed by atoms with Crippen molar-refractivity contribution in [2.24, 2.45) is 0 Å². The number of benzene rings is 1. The van der Waals surface area contributed by atoms with Crippen molar-refractivity contribution in [2.45, 2.75) is 19.3 Å². The summed E-state index contributed by atoms with van der Waals surface area (Å²) >= 11 is 6.05. The van der Waals surface area contributed by atoms with Gasteiger partial charge < -0.3 is 0 Å². The second-order valence-electron chi connectivity index (χ2n) is 4.07. The van der Waals surface area contributed by atoms with Crippen LogP contribution in [0.15, 0.2) is 18.2 Å². The summed E-state index contributed by atoms with van der Waals surface area (Å²) in [6, 6.07) is 5.52. The number of halogens is 1. The predicted molar refractivity (Wildman–Crippen MR) is 61.3 cm³/mol. The number of carbonyl (C=O) groups is 2. The number of likely N-dealkylation sites (N-methyl/N-ethyl adjacent to an activating group) is 1. The normalized spacial score (nSPS) is 20.7. The van der Waals surface area contributed by atoms with Crippen molar-refractivity contribution in [3.8, 4) is 0 Å². The number of rotatable bonds is 1. The SMILES string of the molecule is Cc1ccc(Cl)c(C2CC(=O)N(C)C2=O)c1. The molecule has 84 valence electrons. The van der Waals surface area contributed by atoms with Gasteiger partial charge in [0, 0.05) is 18.5 Å². The van der Waals surface area contributed by atoms with Gasteiger partial charge in [0.15, 0.2) is 0 Å². The van der Waals surface area contributed by atoms with Gasteiger partial charge >= 0.3 is 0 Å². The highest BCUT2D eigenvalue weighted by atomic mass is 35.5. The summed E-state index contributed by atoms with van der Waals surface area (Å²) < 4.78 is 0. The fourth-order valence-corrected chi connectivity index (χ4v) is 2.18. The third-order valence-electron chi connectivity index (χ3n) is 2.91. The first-order valence-corrected chi connectivity index (χ1v) is 5.45. The first-order chi connectivity index (χ1) is 7.50. The fraction of sp³-hybridized carbons (Fsp3) is 0.333. The maximum absolute atomic E-state index is 11.8. The molecule has 0 radical (unpaired) electrons. The highest BCUT2D eigenvalue weighted by Crippen LogP contribution is 2.33. The highest BCUT2D eigenvalue weighted by molar-refractivity contribution is 6.31. The van der Waals surface area contributed by atoms with E-state index in [2.05, 4.69) is 0 Å². The number of imide groups is 1. The van der Waals surface area contributed by atoms with Crippen molar-refractivity contribution >= 4 is 23.4 Å². The molecule has 0 bridgehead atoms. The minimum Gasteiger partial charge on any atom is -0.285 e. The fourth-order valence-electron chi connectivity index (χ4n) is 1.93. The number of likely N-dealkylation sites (tertiary alicyclic amines) is 1. The Morgan fingerprint density at radius 2 is 2.06 bits per heavy atom. The molecule has 0 spiro atoms. The third-order valence-corrected chi connectivity index (χ3v) is 3.25. The van der Waals surface area contributed by atoms with Crippen molar-refractivity contribution in [1.29, 1.82) is 0 Å². The largest absolute Gasteiger partial charge is 0.285 e. The molecule has 1 aromatic carbocycles. The van der Waals surface area contributed by atoms with Crippen molar-refractivity contribution in [2.75, 3.05) is 7.05 Å². The van der Waals surface area contributed by atoms with Gasteiger partial charge in [-0.3, -0.25) is 14.5 Å². The molecule has 1 aliphatic rings. The standard InChI is InChI=1S/C12H12ClNO2/c1-7-3-4-10(13)8(5-7)9-6-11(15)14(2)12(9)16/h3-5,9H,6H2,1-2H3. The zero-order valence-corrected chi connectivity index (χ0v) is 9.91. The minimum absolute atomic E-state index is 0.146. The van der Waals surface area contributed by atoms with E-state index in [1.165, 1.54) is 11.9 Å². The average molecular weight is 238 g/mol. The maximum atomic E-state index is 11.8. The molecule has 2 rings (SSSR count). The molecule has 16 heavy (non-hydrogen) atoms. The van der Waals surface area contributed by atoms with E-state index in [0.29, 0.717) is 5.02 Å². The van der Waals surface area contributed by atoms with E-state index in [9.17, 15) is 9.59 Å². The summed E-state index contributed by atoms with van der Waals surface area (Å²) in [6.45, 7) is 1.94. The van der Waals surface area contributed by atoms with E-state index < -0.39 is 5.92 Å². The Hall–Kier alpha value is -1.35. The zero-order valence-electron chi connectivity index (χ0n) is 9.16. The van der Waals surface area contributed by atoms with E-state index in [4.69, 9.17) is 11.6 Å². The molecule has 0 N–H and O–H groups in total. The number of aryl methyl sites for hydroxylation is 1. The molecule has 1 heterocycles. The highest BCUT2D eigenvalue weighted by Gasteiger charge is 2.37. The van der Waals surface area contributed by atoms with Crippen LogP contribution < -0.4 is 0 Å². The lowest BCUT2D eigenvalue weighted by molar-refractivity contribution is -0.137. The molecule has 0 saturated carbocycles. The van der Waals surface area contributed by atoms with Crippen LogP contribution in [0.1, 0.15) is 23.5 Å². The quantitative estimate of drug-likeness (QED) is 0.702. The Bertz CT molecular complexity index is 470. The number of nitrogens with zero attached hydrogens (tertiary/aromatic N) is 1. The van der Waals surface area contributed by atoms with Crippen LogP contribution in [0.4, 0.5) is 0 Å². The summed E-state index contributed by atoms with van der Waals surface area (Å²) in [5.74, 6) is -0.727. The average Bonchev–Trinajstić information content (AvgIpc) is 2.50. The van der Waals surface area contributed by atoms with E-state index in [0.717, 1.165) is 11.1 Å². The summed E-state index contributed by atoms with van der Waals surface area (Å²) in [5, 5.41) is 0.548. The summed E-state index contributed by atoms with van der Waals surface area (Å²) in [4.78, 5) is 24.4. The zero-order chi connectivity index (χ0) is 11.9. The molecule has 1 saturated heterocycles. The molecule has 0 aliphatic carbocycles. The van der Waals surface area contributed by atoms with Crippen LogP contribution in [-0.2, 0) is 9.59 Å². The molecule has 2 amide bonds. The Morgan fingerprint density at radius 3 is 2.62 bits per heavy atom.